The van der Waals surface area contributed by atoms with Crippen LogP contribution in [0.2, 0.25) is 0 Å². The predicted molar refractivity (Wildman–Crippen MR) is 117 cm³/mol. The number of ether oxygens (including phenoxy) is 1. The Kier molecular flexibility index (Phi) is 5.68. The van der Waals surface area contributed by atoms with Crippen LogP contribution in [0.5, 0.6) is 5.75 Å². The molecule has 0 aliphatic carbocycles. The van der Waals surface area contributed by atoms with Crippen LogP contribution in [0.3, 0.4) is 0 Å². The van der Waals surface area contributed by atoms with Crippen molar-refractivity contribution in [2.24, 2.45) is 5.92 Å². The molecular weight excluding hydrogens is 394 g/mol. The van der Waals surface area contributed by atoms with Crippen molar-refractivity contribution in [1.82, 2.24) is 9.97 Å². The fourth-order valence-electron chi connectivity index (χ4n) is 4.76. The van der Waals surface area contributed by atoms with Crippen molar-refractivity contribution >= 4 is 17.7 Å². The fourth-order valence-corrected chi connectivity index (χ4v) is 4.76. The Morgan fingerprint density at radius 2 is 1.87 bits per heavy atom. The first-order valence-electron chi connectivity index (χ1n) is 10.8. The number of nitriles is 1. The first kappa shape index (κ1) is 20.9. The molecule has 2 aromatic rings. The number of amides is 1. The number of H-pyrrole nitrogens is 1. The zero-order valence-electron chi connectivity index (χ0n) is 18.0. The third-order valence-electron chi connectivity index (χ3n) is 6.24. The molecule has 0 spiro atoms. The highest BCUT2D eigenvalue weighted by Crippen LogP contribution is 2.39. The summed E-state index contributed by atoms with van der Waals surface area (Å²) in [5, 5.41) is 12.4. The molecule has 1 fully saturated rings. The summed E-state index contributed by atoms with van der Waals surface area (Å²) >= 11 is 0. The van der Waals surface area contributed by atoms with Crippen molar-refractivity contribution in [3.05, 3.63) is 45.7 Å². The normalized spacial score (nSPS) is 25.4. The van der Waals surface area contributed by atoms with E-state index in [1.165, 1.54) is 0 Å². The Hall–Kier alpha value is -3.34. The summed E-state index contributed by atoms with van der Waals surface area (Å²) in [5.41, 5.74) is 0.686. The molecule has 3 heterocycles. The van der Waals surface area contributed by atoms with Gasteiger partial charge in [0.2, 0.25) is 11.9 Å². The maximum Gasteiger partial charge on any atom is 0.258 e. The lowest BCUT2D eigenvalue weighted by atomic mass is 9.79. The van der Waals surface area contributed by atoms with Crippen LogP contribution in [0.25, 0.3) is 0 Å². The molecule has 8 heteroatoms. The molecule has 0 radical (unpaired) electrons. The second kappa shape index (κ2) is 8.42. The van der Waals surface area contributed by atoms with Crippen molar-refractivity contribution in [2.45, 2.75) is 58.0 Å². The number of fused-ring (bicyclic) bond motifs is 1. The highest BCUT2D eigenvalue weighted by Gasteiger charge is 2.41. The van der Waals surface area contributed by atoms with Gasteiger partial charge in [-0.1, -0.05) is 12.1 Å². The van der Waals surface area contributed by atoms with Crippen LogP contribution >= 0.6 is 0 Å². The van der Waals surface area contributed by atoms with Gasteiger partial charge in [-0.15, -0.1) is 0 Å². The zero-order valence-corrected chi connectivity index (χ0v) is 18.0. The van der Waals surface area contributed by atoms with E-state index in [2.05, 4.69) is 40.1 Å². The molecule has 2 N–H and O–H groups in total. The van der Waals surface area contributed by atoms with Crippen molar-refractivity contribution in [1.29, 1.82) is 5.26 Å². The molecule has 162 valence electrons. The lowest BCUT2D eigenvalue weighted by Gasteiger charge is -2.40. The summed E-state index contributed by atoms with van der Waals surface area (Å²) in [4.78, 5) is 35.7. The molecule has 0 saturated carbocycles. The topological polar surface area (TPSA) is 111 Å². The summed E-state index contributed by atoms with van der Waals surface area (Å²) in [6.07, 6.45) is 3.17. The van der Waals surface area contributed by atoms with Crippen LogP contribution < -0.4 is 20.5 Å². The first-order chi connectivity index (χ1) is 14.9. The molecule has 31 heavy (non-hydrogen) atoms. The van der Waals surface area contributed by atoms with Crippen LogP contribution in [0.15, 0.2) is 29.1 Å². The van der Waals surface area contributed by atoms with Gasteiger partial charge in [0.15, 0.2) is 0 Å². The molecular formula is C23H27N5O3. The number of hydrogen-bond acceptors (Lipinski definition) is 6. The van der Waals surface area contributed by atoms with Gasteiger partial charge in [0.25, 0.3) is 5.56 Å². The summed E-state index contributed by atoms with van der Waals surface area (Å²) < 4.78 is 5.49. The van der Waals surface area contributed by atoms with Gasteiger partial charge in [0, 0.05) is 18.0 Å². The van der Waals surface area contributed by atoms with Crippen LogP contribution in [0.4, 0.5) is 11.8 Å². The molecule has 1 aromatic carbocycles. The largest absolute Gasteiger partial charge is 0.494 e. The molecule has 1 saturated heterocycles. The summed E-state index contributed by atoms with van der Waals surface area (Å²) in [6.45, 7) is 6.66. The van der Waals surface area contributed by atoms with Gasteiger partial charge < -0.3 is 15.0 Å². The number of anilines is 2. The van der Waals surface area contributed by atoms with E-state index in [0.29, 0.717) is 29.4 Å². The van der Waals surface area contributed by atoms with Gasteiger partial charge in [-0.3, -0.25) is 14.6 Å². The quantitative estimate of drug-likeness (QED) is 0.784. The van der Waals surface area contributed by atoms with Gasteiger partial charge in [-0.2, -0.15) is 10.2 Å². The number of nitrogens with zero attached hydrogens (tertiary/aromatic N) is 3. The third kappa shape index (κ3) is 3.76. The van der Waals surface area contributed by atoms with E-state index in [1.807, 2.05) is 6.92 Å². The minimum atomic E-state index is -1.02. The van der Waals surface area contributed by atoms with E-state index in [9.17, 15) is 14.9 Å². The lowest BCUT2D eigenvalue weighted by molar-refractivity contribution is -0.119. The highest BCUT2D eigenvalue weighted by atomic mass is 16.5. The Balaban J connectivity index is 1.81. The minimum absolute atomic E-state index is 0.234. The SMILES string of the molecule is CCOc1ccc(C2c3c(nc(N4C(C)CCCC4C)[nH]c3=O)NC(=O)C2C#N)cc1. The van der Waals surface area contributed by atoms with E-state index in [1.54, 1.807) is 24.3 Å². The number of piperidine rings is 1. The third-order valence-corrected chi connectivity index (χ3v) is 6.24. The summed E-state index contributed by atoms with van der Waals surface area (Å²) in [5.74, 6) is -0.782. The molecule has 8 nitrogen and oxygen atoms in total. The molecule has 2 aliphatic heterocycles. The van der Waals surface area contributed by atoms with E-state index in [0.717, 1.165) is 19.3 Å². The van der Waals surface area contributed by atoms with Crippen LogP contribution in [0, 0.1) is 17.2 Å². The van der Waals surface area contributed by atoms with E-state index in [-0.39, 0.29) is 23.5 Å². The first-order valence-corrected chi connectivity index (χ1v) is 10.8. The average molecular weight is 422 g/mol. The second-order valence-corrected chi connectivity index (χ2v) is 8.26. The van der Waals surface area contributed by atoms with Crippen molar-refractivity contribution in [3.8, 4) is 11.8 Å². The number of rotatable bonds is 4. The van der Waals surface area contributed by atoms with Gasteiger partial charge in [0.1, 0.15) is 17.5 Å². The molecule has 2 aliphatic rings. The fraction of sp³-hybridized carbons (Fsp3) is 0.478. The Morgan fingerprint density at radius 3 is 2.48 bits per heavy atom. The maximum absolute atomic E-state index is 13.3. The smallest absolute Gasteiger partial charge is 0.258 e. The summed E-state index contributed by atoms with van der Waals surface area (Å²) in [7, 11) is 0. The number of carbonyl (C=O) groups is 1. The molecule has 0 bridgehead atoms. The van der Waals surface area contributed by atoms with Gasteiger partial charge >= 0.3 is 0 Å². The molecule has 1 aromatic heterocycles. The standard InChI is InChI=1S/C23H27N5O3/c1-4-31-16-10-8-15(9-11-16)18-17(12-24)21(29)25-20-19(18)22(30)27-23(26-20)28-13(2)6-5-7-14(28)3/h8-11,13-14,17-18H,4-7H2,1-3H3,(H2,25,26,27,29,30). The van der Waals surface area contributed by atoms with Gasteiger partial charge in [0.05, 0.1) is 18.2 Å². The number of nitrogens with one attached hydrogen (secondary N) is 2. The van der Waals surface area contributed by atoms with Gasteiger partial charge in [-0.05, 0) is 57.7 Å². The second-order valence-electron chi connectivity index (χ2n) is 8.26. The number of hydrogen-bond donors (Lipinski definition) is 2. The van der Waals surface area contributed by atoms with Gasteiger partial charge in [-0.25, -0.2) is 0 Å². The zero-order chi connectivity index (χ0) is 22.1. The molecule has 4 atom stereocenters. The highest BCUT2D eigenvalue weighted by molar-refractivity contribution is 5.98. The number of aromatic amines is 1. The van der Waals surface area contributed by atoms with E-state index < -0.39 is 17.7 Å². The Morgan fingerprint density at radius 1 is 1.19 bits per heavy atom. The Labute approximate surface area is 181 Å². The predicted octanol–water partition coefficient (Wildman–Crippen LogP) is 3.16. The van der Waals surface area contributed by atoms with Crippen LogP contribution in [-0.4, -0.2) is 34.6 Å². The minimum Gasteiger partial charge on any atom is -0.494 e. The molecule has 4 rings (SSSR count). The van der Waals surface area contributed by atoms with Crippen LogP contribution in [-0.2, 0) is 4.79 Å². The monoisotopic (exact) mass is 421 g/mol. The lowest BCUT2D eigenvalue weighted by Crippen LogP contribution is -2.46. The number of benzene rings is 1. The average Bonchev–Trinajstić information content (AvgIpc) is 2.73. The number of aromatic nitrogens is 2. The van der Waals surface area contributed by atoms with Crippen LogP contribution in [0.1, 0.15) is 57.1 Å². The number of carbonyl (C=O) groups excluding carboxylic acids is 1. The summed E-state index contributed by atoms with van der Waals surface area (Å²) in [6, 6.07) is 9.70. The van der Waals surface area contributed by atoms with Crippen molar-refractivity contribution in [3.63, 3.8) is 0 Å². The molecule has 4 unspecified atom stereocenters. The maximum atomic E-state index is 13.3. The molecule has 1 amide bonds. The Bertz CT molecular complexity index is 1060. The van der Waals surface area contributed by atoms with Crippen molar-refractivity contribution in [2.75, 3.05) is 16.8 Å². The van der Waals surface area contributed by atoms with E-state index in [4.69, 9.17) is 4.74 Å². The van der Waals surface area contributed by atoms with Crippen molar-refractivity contribution < 1.29 is 9.53 Å². The van der Waals surface area contributed by atoms with E-state index >= 15 is 0 Å².